The standard InChI is InChI=1S/C14H24N2S/c1-4-14-16-9-13(17-14)8-15-12-6-5-10(2)11(3)7-12/h9-12,15H,4-8H2,1-3H3. The average molecular weight is 252 g/mol. The Balaban J connectivity index is 1.78. The summed E-state index contributed by atoms with van der Waals surface area (Å²) >= 11 is 1.85. The molecule has 0 amide bonds. The maximum absolute atomic E-state index is 4.40. The van der Waals surface area contributed by atoms with Crippen molar-refractivity contribution in [3.8, 4) is 0 Å². The van der Waals surface area contributed by atoms with Crippen molar-refractivity contribution < 1.29 is 0 Å². The highest BCUT2D eigenvalue weighted by Gasteiger charge is 2.23. The van der Waals surface area contributed by atoms with Crippen LogP contribution in [-0.2, 0) is 13.0 Å². The van der Waals surface area contributed by atoms with Crippen LogP contribution in [0, 0.1) is 11.8 Å². The third-order valence-electron chi connectivity index (χ3n) is 4.07. The summed E-state index contributed by atoms with van der Waals surface area (Å²) in [6, 6.07) is 0.716. The molecule has 1 aliphatic carbocycles. The van der Waals surface area contributed by atoms with Crippen LogP contribution in [0.5, 0.6) is 0 Å². The van der Waals surface area contributed by atoms with Gasteiger partial charge in [0.15, 0.2) is 0 Å². The lowest BCUT2D eigenvalue weighted by Crippen LogP contribution is -2.35. The first-order valence-corrected chi connectivity index (χ1v) is 7.67. The van der Waals surface area contributed by atoms with Gasteiger partial charge in [0, 0.05) is 23.7 Å². The molecule has 1 saturated carbocycles. The van der Waals surface area contributed by atoms with Gasteiger partial charge in [-0.1, -0.05) is 20.8 Å². The number of aromatic nitrogens is 1. The summed E-state index contributed by atoms with van der Waals surface area (Å²) in [7, 11) is 0. The zero-order chi connectivity index (χ0) is 12.3. The number of nitrogens with one attached hydrogen (secondary N) is 1. The molecule has 1 heterocycles. The Morgan fingerprint density at radius 2 is 2.18 bits per heavy atom. The van der Waals surface area contributed by atoms with E-state index in [9.17, 15) is 0 Å². The topological polar surface area (TPSA) is 24.9 Å². The lowest BCUT2D eigenvalue weighted by Gasteiger charge is -2.32. The smallest absolute Gasteiger partial charge is 0.0925 e. The summed E-state index contributed by atoms with van der Waals surface area (Å²) in [5.74, 6) is 1.78. The van der Waals surface area contributed by atoms with E-state index in [-0.39, 0.29) is 0 Å². The minimum absolute atomic E-state index is 0.716. The monoisotopic (exact) mass is 252 g/mol. The summed E-state index contributed by atoms with van der Waals surface area (Å²) in [6.07, 6.45) is 7.14. The second-order valence-electron chi connectivity index (χ2n) is 5.42. The SMILES string of the molecule is CCc1ncc(CNC2CCC(C)C(C)C2)s1. The fourth-order valence-electron chi connectivity index (χ4n) is 2.57. The van der Waals surface area contributed by atoms with Crippen molar-refractivity contribution in [2.45, 2.75) is 59.0 Å². The van der Waals surface area contributed by atoms with Gasteiger partial charge in [-0.05, 0) is 37.5 Å². The van der Waals surface area contributed by atoms with E-state index in [0.717, 1.165) is 24.8 Å². The number of hydrogen-bond donors (Lipinski definition) is 1. The van der Waals surface area contributed by atoms with Crippen molar-refractivity contribution in [3.05, 3.63) is 16.1 Å². The van der Waals surface area contributed by atoms with E-state index in [0.29, 0.717) is 6.04 Å². The number of thiazole rings is 1. The molecule has 0 saturated heterocycles. The van der Waals surface area contributed by atoms with Crippen LogP contribution >= 0.6 is 11.3 Å². The highest BCUT2D eigenvalue weighted by Crippen LogP contribution is 2.29. The predicted octanol–water partition coefficient (Wildman–Crippen LogP) is 3.62. The summed E-state index contributed by atoms with van der Waals surface area (Å²) in [5, 5.41) is 4.95. The first-order valence-electron chi connectivity index (χ1n) is 6.86. The normalized spacial score (nSPS) is 29.5. The second-order valence-corrected chi connectivity index (χ2v) is 6.62. The van der Waals surface area contributed by atoms with Crippen LogP contribution in [-0.4, -0.2) is 11.0 Å². The van der Waals surface area contributed by atoms with Gasteiger partial charge in [0.1, 0.15) is 0 Å². The molecule has 1 aliphatic rings. The molecule has 2 rings (SSSR count). The largest absolute Gasteiger partial charge is 0.309 e. The Kier molecular flexibility index (Phi) is 4.57. The molecular weight excluding hydrogens is 228 g/mol. The molecule has 2 nitrogen and oxygen atoms in total. The number of aryl methyl sites for hydroxylation is 1. The summed E-state index contributed by atoms with van der Waals surface area (Å²) in [6.45, 7) is 7.95. The molecule has 1 N–H and O–H groups in total. The van der Waals surface area contributed by atoms with Crippen molar-refractivity contribution in [2.75, 3.05) is 0 Å². The van der Waals surface area contributed by atoms with Gasteiger partial charge in [0.25, 0.3) is 0 Å². The quantitative estimate of drug-likeness (QED) is 0.885. The maximum atomic E-state index is 4.40. The molecule has 0 radical (unpaired) electrons. The van der Waals surface area contributed by atoms with Gasteiger partial charge in [-0.3, -0.25) is 0 Å². The fraction of sp³-hybridized carbons (Fsp3) is 0.786. The second kappa shape index (κ2) is 5.96. The van der Waals surface area contributed by atoms with Gasteiger partial charge >= 0.3 is 0 Å². The lowest BCUT2D eigenvalue weighted by molar-refractivity contribution is 0.226. The Labute approximate surface area is 109 Å². The van der Waals surface area contributed by atoms with Gasteiger partial charge in [-0.15, -0.1) is 11.3 Å². The number of hydrogen-bond acceptors (Lipinski definition) is 3. The van der Waals surface area contributed by atoms with Crippen molar-refractivity contribution >= 4 is 11.3 Å². The number of nitrogens with zero attached hydrogens (tertiary/aromatic N) is 1. The van der Waals surface area contributed by atoms with Crippen molar-refractivity contribution in [1.82, 2.24) is 10.3 Å². The summed E-state index contributed by atoms with van der Waals surface area (Å²) in [5.41, 5.74) is 0. The molecule has 0 bridgehead atoms. The Morgan fingerprint density at radius 1 is 1.35 bits per heavy atom. The van der Waals surface area contributed by atoms with E-state index >= 15 is 0 Å². The Bertz CT molecular complexity index is 348. The molecule has 1 fully saturated rings. The van der Waals surface area contributed by atoms with E-state index in [2.05, 4.69) is 31.1 Å². The van der Waals surface area contributed by atoms with Gasteiger partial charge in [0.2, 0.25) is 0 Å². The molecule has 3 unspecified atom stereocenters. The van der Waals surface area contributed by atoms with Gasteiger partial charge in [-0.2, -0.15) is 0 Å². The minimum atomic E-state index is 0.716. The van der Waals surface area contributed by atoms with Gasteiger partial charge < -0.3 is 5.32 Å². The Morgan fingerprint density at radius 3 is 2.82 bits per heavy atom. The van der Waals surface area contributed by atoms with Crippen molar-refractivity contribution in [2.24, 2.45) is 11.8 Å². The van der Waals surface area contributed by atoms with Gasteiger partial charge in [0.05, 0.1) is 5.01 Å². The highest BCUT2D eigenvalue weighted by atomic mass is 32.1. The zero-order valence-corrected chi connectivity index (χ0v) is 12.0. The minimum Gasteiger partial charge on any atom is -0.309 e. The third kappa shape index (κ3) is 3.52. The van der Waals surface area contributed by atoms with E-state index in [4.69, 9.17) is 0 Å². The molecule has 17 heavy (non-hydrogen) atoms. The predicted molar refractivity (Wildman–Crippen MR) is 74.3 cm³/mol. The molecule has 0 aliphatic heterocycles. The van der Waals surface area contributed by atoms with E-state index in [1.165, 1.54) is 29.1 Å². The van der Waals surface area contributed by atoms with Crippen LogP contribution in [0.3, 0.4) is 0 Å². The first kappa shape index (κ1) is 13.0. The Hall–Kier alpha value is -0.410. The fourth-order valence-corrected chi connectivity index (χ4v) is 3.38. The third-order valence-corrected chi connectivity index (χ3v) is 5.21. The van der Waals surface area contributed by atoms with Crippen LogP contribution in [0.4, 0.5) is 0 Å². The lowest BCUT2D eigenvalue weighted by atomic mass is 9.79. The molecule has 1 aromatic heterocycles. The zero-order valence-electron chi connectivity index (χ0n) is 11.2. The molecule has 3 heteroatoms. The molecular formula is C14H24N2S. The molecule has 1 aromatic rings. The van der Waals surface area contributed by atoms with Gasteiger partial charge in [-0.25, -0.2) is 4.98 Å². The van der Waals surface area contributed by atoms with E-state index in [1.54, 1.807) is 0 Å². The highest BCUT2D eigenvalue weighted by molar-refractivity contribution is 7.11. The molecule has 3 atom stereocenters. The molecule has 0 aromatic carbocycles. The maximum Gasteiger partial charge on any atom is 0.0925 e. The van der Waals surface area contributed by atoms with E-state index < -0.39 is 0 Å². The van der Waals surface area contributed by atoms with Crippen LogP contribution in [0.25, 0.3) is 0 Å². The molecule has 96 valence electrons. The first-order chi connectivity index (χ1) is 8.19. The number of rotatable bonds is 4. The van der Waals surface area contributed by atoms with Crippen LogP contribution in [0.15, 0.2) is 6.20 Å². The van der Waals surface area contributed by atoms with E-state index in [1.807, 2.05) is 17.5 Å². The van der Waals surface area contributed by atoms with Crippen LogP contribution in [0.2, 0.25) is 0 Å². The van der Waals surface area contributed by atoms with Crippen LogP contribution < -0.4 is 5.32 Å². The van der Waals surface area contributed by atoms with Crippen molar-refractivity contribution in [1.29, 1.82) is 0 Å². The summed E-state index contributed by atoms with van der Waals surface area (Å²) in [4.78, 5) is 5.79. The van der Waals surface area contributed by atoms with Crippen molar-refractivity contribution in [3.63, 3.8) is 0 Å². The molecule has 0 spiro atoms. The average Bonchev–Trinajstić information content (AvgIpc) is 2.79. The summed E-state index contributed by atoms with van der Waals surface area (Å²) < 4.78 is 0. The van der Waals surface area contributed by atoms with Crippen LogP contribution in [0.1, 0.15) is 49.9 Å².